The molecular formula is C18H19N5O5S. The van der Waals surface area contributed by atoms with Crippen LogP contribution in [0, 0.1) is 0 Å². The fourth-order valence-electron chi connectivity index (χ4n) is 2.88. The van der Waals surface area contributed by atoms with E-state index in [0.29, 0.717) is 0 Å². The number of anilines is 1. The van der Waals surface area contributed by atoms with Gasteiger partial charge in [-0.3, -0.25) is 14.5 Å². The summed E-state index contributed by atoms with van der Waals surface area (Å²) in [5.41, 5.74) is 5.61. The average Bonchev–Trinajstić information content (AvgIpc) is 2.68. The zero-order chi connectivity index (χ0) is 21.1. The molecule has 29 heavy (non-hydrogen) atoms. The van der Waals surface area contributed by atoms with Crippen molar-refractivity contribution in [3.8, 4) is 0 Å². The molecule has 3 heterocycles. The van der Waals surface area contributed by atoms with Gasteiger partial charge in [0.15, 0.2) is 5.71 Å². The van der Waals surface area contributed by atoms with E-state index in [1.165, 1.54) is 34.9 Å². The fraction of sp³-hybridized carbons (Fsp3) is 0.278. The number of oxime groups is 1. The number of carboxylic acids is 1. The Kier molecular flexibility index (Phi) is 5.87. The van der Waals surface area contributed by atoms with Gasteiger partial charge < -0.3 is 21.0 Å². The molecule has 0 radical (unpaired) electrons. The van der Waals surface area contributed by atoms with Crippen molar-refractivity contribution in [3.05, 3.63) is 48.3 Å². The minimum absolute atomic E-state index is 0.0675. The van der Waals surface area contributed by atoms with Crippen LogP contribution in [-0.4, -0.2) is 61.8 Å². The first-order chi connectivity index (χ1) is 13.8. The molecule has 2 aliphatic rings. The highest BCUT2D eigenvalue weighted by Crippen LogP contribution is 2.40. The van der Waals surface area contributed by atoms with Gasteiger partial charge in [-0.2, -0.15) is 0 Å². The number of amides is 2. The van der Waals surface area contributed by atoms with Gasteiger partial charge in [0.25, 0.3) is 11.8 Å². The third kappa shape index (κ3) is 4.09. The number of nitrogens with one attached hydrogen (secondary N) is 1. The number of aromatic nitrogens is 1. The molecule has 10 nitrogen and oxygen atoms in total. The zero-order valence-electron chi connectivity index (χ0n) is 15.4. The van der Waals surface area contributed by atoms with E-state index < -0.39 is 29.2 Å². The van der Waals surface area contributed by atoms with Crippen LogP contribution in [0.3, 0.4) is 0 Å². The van der Waals surface area contributed by atoms with Gasteiger partial charge >= 0.3 is 5.97 Å². The molecule has 4 N–H and O–H groups in total. The molecular weight excluding hydrogens is 398 g/mol. The summed E-state index contributed by atoms with van der Waals surface area (Å²) in [7, 11) is 0. The summed E-state index contributed by atoms with van der Waals surface area (Å²) in [5.74, 6) is -2.21. The molecule has 0 aliphatic carbocycles. The Hall–Kier alpha value is -3.34. The maximum absolute atomic E-state index is 12.8. The number of nitrogens with two attached hydrogens (primary N) is 1. The average molecular weight is 417 g/mol. The Bertz CT molecular complexity index is 931. The van der Waals surface area contributed by atoms with Gasteiger partial charge in [-0.1, -0.05) is 23.9 Å². The number of hydrogen-bond acceptors (Lipinski definition) is 8. The number of carbonyl (C=O) groups excluding carboxylic acids is 2. The molecule has 2 amide bonds. The lowest BCUT2D eigenvalue weighted by Gasteiger charge is -2.49. The van der Waals surface area contributed by atoms with Gasteiger partial charge in [-0.25, -0.2) is 9.78 Å². The number of nitrogen functional groups attached to an aromatic ring is 1. The van der Waals surface area contributed by atoms with E-state index in [9.17, 15) is 19.5 Å². The highest BCUT2D eigenvalue weighted by atomic mass is 32.2. The van der Waals surface area contributed by atoms with Crippen LogP contribution in [0.25, 0.3) is 0 Å². The van der Waals surface area contributed by atoms with Crippen molar-refractivity contribution >= 4 is 41.1 Å². The van der Waals surface area contributed by atoms with Crippen LogP contribution in [0.1, 0.15) is 12.6 Å². The third-order valence-corrected chi connectivity index (χ3v) is 5.46. The molecule has 1 aromatic rings. The summed E-state index contributed by atoms with van der Waals surface area (Å²) in [6.07, 6.45) is 2.96. The Morgan fingerprint density at radius 2 is 2.28 bits per heavy atom. The number of carboxylic acid groups (broad SMARTS) is 1. The van der Waals surface area contributed by atoms with Crippen molar-refractivity contribution in [1.29, 1.82) is 0 Å². The topological polar surface area (TPSA) is 147 Å². The predicted octanol–water partition coefficient (Wildman–Crippen LogP) is 0.327. The maximum atomic E-state index is 12.8. The molecule has 11 heteroatoms. The lowest BCUT2D eigenvalue weighted by molar-refractivity contribution is -0.150. The lowest BCUT2D eigenvalue weighted by atomic mass is 10.0. The molecule has 0 saturated carbocycles. The minimum atomic E-state index is -1.19. The standard InChI is InChI=1S/C18H19N5O5S/c1-3-7-28-22-13(10-5-4-6-12(19)20-10)15(24)21-14-16(25)23-11(18(26)27)8-9(2)29-17(14)23/h3-6,8-9,14,17H,1,7H2,2H3,(H2,19,20)(H,21,24)(H,26,27)/t9?,14?,17-/m0/s1. The molecule has 1 aromatic heterocycles. The smallest absolute Gasteiger partial charge is 0.352 e. The highest BCUT2D eigenvalue weighted by Gasteiger charge is 2.54. The highest BCUT2D eigenvalue weighted by molar-refractivity contribution is 8.00. The molecule has 0 aromatic carbocycles. The largest absolute Gasteiger partial charge is 0.477 e. The zero-order valence-corrected chi connectivity index (χ0v) is 16.3. The van der Waals surface area contributed by atoms with E-state index in [-0.39, 0.29) is 34.8 Å². The number of hydrogen-bond donors (Lipinski definition) is 3. The van der Waals surface area contributed by atoms with Crippen LogP contribution in [0.2, 0.25) is 0 Å². The normalized spacial score (nSPS) is 23.4. The van der Waals surface area contributed by atoms with Crippen LogP contribution in [-0.2, 0) is 19.2 Å². The molecule has 1 saturated heterocycles. The Balaban J connectivity index is 1.81. The van der Waals surface area contributed by atoms with Crippen LogP contribution >= 0.6 is 11.8 Å². The number of pyridine rings is 1. The Morgan fingerprint density at radius 3 is 2.93 bits per heavy atom. The van der Waals surface area contributed by atoms with E-state index >= 15 is 0 Å². The second-order valence-electron chi connectivity index (χ2n) is 6.22. The molecule has 152 valence electrons. The molecule has 3 rings (SSSR count). The number of fused-ring (bicyclic) bond motifs is 1. The summed E-state index contributed by atoms with van der Waals surface area (Å²) in [4.78, 5) is 47.0. The van der Waals surface area contributed by atoms with E-state index in [0.717, 1.165) is 0 Å². The first-order valence-electron chi connectivity index (χ1n) is 8.61. The summed E-state index contributed by atoms with van der Waals surface area (Å²) in [5, 5.41) is 15.1. The van der Waals surface area contributed by atoms with Crippen LogP contribution in [0.5, 0.6) is 0 Å². The number of thioether (sulfide) groups is 1. The second kappa shape index (κ2) is 8.35. The minimum Gasteiger partial charge on any atom is -0.477 e. The lowest BCUT2D eigenvalue weighted by Crippen LogP contribution is -2.71. The first kappa shape index (κ1) is 20.4. The number of nitrogens with zero attached hydrogens (tertiary/aromatic N) is 3. The van der Waals surface area contributed by atoms with E-state index in [2.05, 4.69) is 22.0 Å². The van der Waals surface area contributed by atoms with Crippen molar-refractivity contribution < 1.29 is 24.3 Å². The van der Waals surface area contributed by atoms with Crippen molar-refractivity contribution in [2.75, 3.05) is 12.3 Å². The van der Waals surface area contributed by atoms with Gasteiger partial charge in [0, 0.05) is 5.25 Å². The van der Waals surface area contributed by atoms with E-state index in [1.54, 1.807) is 12.1 Å². The fourth-order valence-corrected chi connectivity index (χ4v) is 4.21. The Morgan fingerprint density at radius 1 is 1.52 bits per heavy atom. The predicted molar refractivity (Wildman–Crippen MR) is 107 cm³/mol. The first-order valence-corrected chi connectivity index (χ1v) is 9.56. The van der Waals surface area contributed by atoms with Crippen molar-refractivity contribution in [1.82, 2.24) is 15.2 Å². The quantitative estimate of drug-likeness (QED) is 0.189. The summed E-state index contributed by atoms with van der Waals surface area (Å²) in [6, 6.07) is 3.79. The van der Waals surface area contributed by atoms with Crippen molar-refractivity contribution in [3.63, 3.8) is 0 Å². The number of rotatable bonds is 7. The molecule has 2 aliphatic heterocycles. The molecule has 0 spiro atoms. The van der Waals surface area contributed by atoms with Gasteiger partial charge in [0.2, 0.25) is 0 Å². The molecule has 3 atom stereocenters. The molecule has 0 bridgehead atoms. The number of β-lactam (4-membered cyclic amide) rings is 1. The van der Waals surface area contributed by atoms with Gasteiger partial charge in [0.1, 0.15) is 35.2 Å². The van der Waals surface area contributed by atoms with Crippen molar-refractivity contribution in [2.24, 2.45) is 5.16 Å². The van der Waals surface area contributed by atoms with E-state index in [1.807, 2.05) is 6.92 Å². The van der Waals surface area contributed by atoms with Gasteiger partial charge in [-0.05, 0) is 25.1 Å². The van der Waals surface area contributed by atoms with Crippen molar-refractivity contribution in [2.45, 2.75) is 23.6 Å². The maximum Gasteiger partial charge on any atom is 0.352 e. The summed E-state index contributed by atoms with van der Waals surface area (Å²) >= 11 is 1.37. The molecule has 1 fully saturated rings. The van der Waals surface area contributed by atoms with E-state index in [4.69, 9.17) is 10.6 Å². The number of aliphatic carboxylic acids is 1. The summed E-state index contributed by atoms with van der Waals surface area (Å²) < 4.78 is 0. The summed E-state index contributed by atoms with van der Waals surface area (Å²) in [6.45, 7) is 5.39. The van der Waals surface area contributed by atoms with Gasteiger partial charge in [0.05, 0.1) is 0 Å². The number of carbonyl (C=O) groups is 3. The van der Waals surface area contributed by atoms with Crippen LogP contribution < -0.4 is 11.1 Å². The van der Waals surface area contributed by atoms with Crippen LogP contribution in [0.4, 0.5) is 5.82 Å². The monoisotopic (exact) mass is 417 g/mol. The second-order valence-corrected chi connectivity index (χ2v) is 7.72. The van der Waals surface area contributed by atoms with Gasteiger partial charge in [-0.15, -0.1) is 11.8 Å². The third-order valence-electron chi connectivity index (χ3n) is 4.13. The molecule has 2 unspecified atom stereocenters. The Labute approximate surface area is 170 Å². The van der Waals surface area contributed by atoms with Crippen LogP contribution in [0.15, 0.2) is 47.8 Å². The SMILES string of the molecule is C=CCON=C(C(=O)NC1C(=O)N2C(C(=O)O)=CC(C)S[C@@H]12)c1cccc(N)n1.